The largest absolute Gasteiger partial charge is 0.493 e. The molecule has 0 aliphatic carbocycles. The summed E-state index contributed by atoms with van der Waals surface area (Å²) >= 11 is 1.24. The maximum absolute atomic E-state index is 11.1. The third-order valence-corrected chi connectivity index (χ3v) is 3.57. The fourth-order valence-electron chi connectivity index (χ4n) is 1.82. The zero-order valence-electron chi connectivity index (χ0n) is 11.2. The van der Waals surface area contributed by atoms with Crippen molar-refractivity contribution < 1.29 is 24.1 Å². The van der Waals surface area contributed by atoms with E-state index >= 15 is 0 Å². The molecule has 1 N–H and O–H groups in total. The predicted octanol–water partition coefficient (Wildman–Crippen LogP) is 2.53. The summed E-state index contributed by atoms with van der Waals surface area (Å²) in [5, 5.41) is 9.13. The quantitative estimate of drug-likeness (QED) is 0.913. The zero-order chi connectivity index (χ0) is 14.7. The molecule has 0 aliphatic rings. The lowest BCUT2D eigenvalue weighted by Gasteiger charge is -2.13. The van der Waals surface area contributed by atoms with Crippen molar-refractivity contribution >= 4 is 17.3 Å². The molecule has 0 atom stereocenters. The fourth-order valence-corrected chi connectivity index (χ4v) is 2.58. The van der Waals surface area contributed by atoms with Gasteiger partial charge in [0.05, 0.1) is 31.7 Å². The number of hydrogen-bond donors (Lipinski definition) is 1. The van der Waals surface area contributed by atoms with Crippen molar-refractivity contribution in [3.05, 3.63) is 23.3 Å². The van der Waals surface area contributed by atoms with Crippen molar-refractivity contribution in [1.29, 1.82) is 0 Å². The first kappa shape index (κ1) is 14.1. The highest BCUT2D eigenvalue weighted by molar-refractivity contribution is 7.13. The van der Waals surface area contributed by atoms with E-state index in [9.17, 15) is 4.79 Å². The van der Waals surface area contributed by atoms with E-state index in [4.69, 9.17) is 19.3 Å². The fraction of sp³-hybridized carbons (Fsp3) is 0.231. The van der Waals surface area contributed by atoms with Gasteiger partial charge in [-0.2, -0.15) is 0 Å². The van der Waals surface area contributed by atoms with Crippen molar-refractivity contribution in [2.45, 2.75) is 0 Å². The number of carboxylic acids is 1. The van der Waals surface area contributed by atoms with E-state index in [1.807, 2.05) is 0 Å². The SMILES string of the molecule is COc1cc(-c2scnc2C(=O)O)cc(OC)c1OC. The van der Waals surface area contributed by atoms with Crippen molar-refractivity contribution in [3.63, 3.8) is 0 Å². The number of hydrogen-bond acceptors (Lipinski definition) is 6. The molecular weight excluding hydrogens is 282 g/mol. The molecule has 2 aromatic rings. The van der Waals surface area contributed by atoms with Crippen molar-refractivity contribution in [2.24, 2.45) is 0 Å². The van der Waals surface area contributed by atoms with Gasteiger partial charge in [0.15, 0.2) is 17.2 Å². The molecule has 0 saturated carbocycles. The van der Waals surface area contributed by atoms with Gasteiger partial charge in [0.2, 0.25) is 5.75 Å². The number of nitrogens with zero attached hydrogens (tertiary/aromatic N) is 1. The topological polar surface area (TPSA) is 77.9 Å². The normalized spacial score (nSPS) is 10.2. The molecule has 0 radical (unpaired) electrons. The van der Waals surface area contributed by atoms with Crippen LogP contribution in [0.5, 0.6) is 17.2 Å². The average molecular weight is 295 g/mol. The molecule has 0 fully saturated rings. The zero-order valence-corrected chi connectivity index (χ0v) is 12.0. The molecule has 0 aliphatic heterocycles. The van der Waals surface area contributed by atoms with Crippen LogP contribution < -0.4 is 14.2 Å². The molecule has 0 amide bonds. The van der Waals surface area contributed by atoms with Crippen LogP contribution in [0.4, 0.5) is 0 Å². The second-order valence-electron chi connectivity index (χ2n) is 3.75. The molecule has 2 rings (SSSR count). The Morgan fingerprint density at radius 3 is 2.20 bits per heavy atom. The summed E-state index contributed by atoms with van der Waals surface area (Å²) in [6.07, 6.45) is 0. The minimum Gasteiger partial charge on any atom is -0.493 e. The molecule has 7 heteroatoms. The molecule has 0 bridgehead atoms. The third kappa shape index (κ3) is 2.39. The number of ether oxygens (including phenoxy) is 3. The first-order valence-electron chi connectivity index (χ1n) is 5.59. The van der Waals surface area contributed by atoms with Gasteiger partial charge >= 0.3 is 5.97 Å². The van der Waals surface area contributed by atoms with Gasteiger partial charge in [-0.3, -0.25) is 0 Å². The second kappa shape index (κ2) is 5.79. The Morgan fingerprint density at radius 1 is 1.15 bits per heavy atom. The van der Waals surface area contributed by atoms with Gasteiger partial charge in [-0.25, -0.2) is 9.78 Å². The molecule has 1 heterocycles. The smallest absolute Gasteiger partial charge is 0.356 e. The number of benzene rings is 1. The number of aromatic nitrogens is 1. The highest BCUT2D eigenvalue weighted by atomic mass is 32.1. The first-order chi connectivity index (χ1) is 9.62. The summed E-state index contributed by atoms with van der Waals surface area (Å²) in [4.78, 5) is 15.5. The summed E-state index contributed by atoms with van der Waals surface area (Å²) in [6.45, 7) is 0. The van der Waals surface area contributed by atoms with Crippen molar-refractivity contribution in [1.82, 2.24) is 4.98 Å². The highest BCUT2D eigenvalue weighted by Gasteiger charge is 2.19. The molecule has 0 saturated heterocycles. The minimum absolute atomic E-state index is 0.00396. The number of carboxylic acid groups (broad SMARTS) is 1. The van der Waals surface area contributed by atoms with E-state index in [2.05, 4.69) is 4.98 Å². The number of rotatable bonds is 5. The Kier molecular flexibility index (Phi) is 4.09. The Labute approximate surface area is 119 Å². The summed E-state index contributed by atoms with van der Waals surface area (Å²) < 4.78 is 15.7. The number of methoxy groups -OCH3 is 3. The Hall–Kier alpha value is -2.28. The lowest BCUT2D eigenvalue weighted by atomic mass is 10.1. The lowest BCUT2D eigenvalue weighted by molar-refractivity contribution is 0.0692. The van der Waals surface area contributed by atoms with E-state index < -0.39 is 5.97 Å². The minimum atomic E-state index is -1.07. The molecule has 6 nitrogen and oxygen atoms in total. The van der Waals surface area contributed by atoms with E-state index in [0.717, 1.165) is 0 Å². The Bertz CT molecular complexity index is 612. The standard InChI is InChI=1S/C13H13NO5S/c1-17-8-4-7(5-9(18-2)11(8)19-3)12-10(13(15)16)14-6-20-12/h4-6H,1-3H3,(H,15,16). The van der Waals surface area contributed by atoms with E-state index in [0.29, 0.717) is 27.7 Å². The second-order valence-corrected chi connectivity index (χ2v) is 4.60. The number of carbonyl (C=O) groups is 1. The van der Waals surface area contributed by atoms with Crippen LogP contribution in [0.3, 0.4) is 0 Å². The Morgan fingerprint density at radius 2 is 1.75 bits per heavy atom. The maximum atomic E-state index is 11.1. The molecule has 1 aromatic heterocycles. The summed E-state index contributed by atoms with van der Waals surface area (Å²) in [6, 6.07) is 3.39. The average Bonchev–Trinajstić information content (AvgIpc) is 2.95. The van der Waals surface area contributed by atoms with Gasteiger partial charge in [0, 0.05) is 5.56 Å². The molecule has 0 unspecified atom stereocenters. The molecule has 20 heavy (non-hydrogen) atoms. The van der Waals surface area contributed by atoms with Gasteiger partial charge in [0.25, 0.3) is 0 Å². The summed E-state index contributed by atoms with van der Waals surface area (Å²) in [5.41, 5.74) is 2.14. The number of thiazole rings is 1. The van der Waals surface area contributed by atoms with Gasteiger partial charge in [-0.1, -0.05) is 0 Å². The predicted molar refractivity (Wildman–Crippen MR) is 74.2 cm³/mol. The Balaban J connectivity index is 2.63. The van der Waals surface area contributed by atoms with Crippen LogP contribution in [-0.4, -0.2) is 37.4 Å². The van der Waals surface area contributed by atoms with Crippen LogP contribution in [0.2, 0.25) is 0 Å². The monoisotopic (exact) mass is 295 g/mol. The van der Waals surface area contributed by atoms with Crippen LogP contribution in [-0.2, 0) is 0 Å². The van der Waals surface area contributed by atoms with Gasteiger partial charge in [-0.15, -0.1) is 11.3 Å². The van der Waals surface area contributed by atoms with Gasteiger partial charge in [0.1, 0.15) is 0 Å². The lowest BCUT2D eigenvalue weighted by Crippen LogP contribution is -1.99. The van der Waals surface area contributed by atoms with E-state index in [1.165, 1.54) is 38.2 Å². The van der Waals surface area contributed by atoms with Gasteiger partial charge < -0.3 is 19.3 Å². The van der Waals surface area contributed by atoms with Crippen LogP contribution >= 0.6 is 11.3 Å². The van der Waals surface area contributed by atoms with Crippen LogP contribution in [0.15, 0.2) is 17.6 Å². The van der Waals surface area contributed by atoms with Crippen LogP contribution in [0, 0.1) is 0 Å². The van der Waals surface area contributed by atoms with Crippen molar-refractivity contribution in [3.8, 4) is 27.7 Å². The third-order valence-electron chi connectivity index (χ3n) is 2.70. The summed E-state index contributed by atoms with van der Waals surface area (Å²) in [5.74, 6) is 0.313. The molecule has 1 aromatic carbocycles. The first-order valence-corrected chi connectivity index (χ1v) is 6.47. The summed E-state index contributed by atoms with van der Waals surface area (Å²) in [7, 11) is 4.52. The van der Waals surface area contributed by atoms with Crippen LogP contribution in [0.1, 0.15) is 10.5 Å². The van der Waals surface area contributed by atoms with E-state index in [-0.39, 0.29) is 5.69 Å². The maximum Gasteiger partial charge on any atom is 0.356 e. The highest BCUT2D eigenvalue weighted by Crippen LogP contribution is 2.42. The molecule has 0 spiro atoms. The number of aromatic carboxylic acids is 1. The molecule has 106 valence electrons. The molecular formula is C13H13NO5S. The van der Waals surface area contributed by atoms with E-state index in [1.54, 1.807) is 12.1 Å². The van der Waals surface area contributed by atoms with Gasteiger partial charge in [-0.05, 0) is 12.1 Å². The van der Waals surface area contributed by atoms with Crippen LogP contribution in [0.25, 0.3) is 10.4 Å². The van der Waals surface area contributed by atoms with Crippen molar-refractivity contribution in [2.75, 3.05) is 21.3 Å².